The van der Waals surface area contributed by atoms with Crippen LogP contribution >= 0.6 is 0 Å². The summed E-state index contributed by atoms with van der Waals surface area (Å²) in [6, 6.07) is 5.81. The van der Waals surface area contributed by atoms with Crippen LogP contribution in [0.2, 0.25) is 0 Å². The van der Waals surface area contributed by atoms with Crippen LogP contribution < -0.4 is 5.32 Å². The Kier molecular flexibility index (Phi) is 4.13. The van der Waals surface area contributed by atoms with Gasteiger partial charge in [0.2, 0.25) is 5.60 Å². The molecule has 2 saturated heterocycles. The van der Waals surface area contributed by atoms with Crippen molar-refractivity contribution in [3.63, 3.8) is 0 Å². The third-order valence-corrected chi connectivity index (χ3v) is 5.77. The number of benzene rings is 1. The van der Waals surface area contributed by atoms with Gasteiger partial charge in [-0.05, 0) is 25.8 Å². The van der Waals surface area contributed by atoms with Gasteiger partial charge in [0.1, 0.15) is 11.4 Å². The van der Waals surface area contributed by atoms with Crippen molar-refractivity contribution < 1.29 is 23.6 Å². The molecule has 1 N–H and O–H groups in total. The van der Waals surface area contributed by atoms with Gasteiger partial charge in [-0.2, -0.15) is 0 Å². The summed E-state index contributed by atoms with van der Waals surface area (Å²) in [5, 5.41) is 6.70. The standard InChI is InChI=1S/C19H21FN4O4/c1-18(11-14(22-28-18)12-5-3-4-6-13(12)20)15(25)24-9-7-19(8-10-24)16(26)23(2)17(27)21-19/h3-6H,7-11H2,1-2H3,(H,21,27)/t18-/m0/s1. The highest BCUT2D eigenvalue weighted by atomic mass is 19.1. The maximum Gasteiger partial charge on any atom is 0.324 e. The second-order valence-corrected chi connectivity index (χ2v) is 7.69. The first-order valence-corrected chi connectivity index (χ1v) is 9.15. The van der Waals surface area contributed by atoms with E-state index in [1.807, 2.05) is 0 Å². The number of rotatable bonds is 2. The number of imide groups is 1. The maximum atomic E-state index is 14.0. The van der Waals surface area contributed by atoms with E-state index in [-0.39, 0.29) is 18.2 Å². The van der Waals surface area contributed by atoms with Crippen molar-refractivity contribution in [3.8, 4) is 0 Å². The molecular formula is C19H21FN4O4. The molecule has 3 aliphatic heterocycles. The second kappa shape index (κ2) is 6.29. The summed E-state index contributed by atoms with van der Waals surface area (Å²) in [5.74, 6) is -0.943. The highest BCUT2D eigenvalue weighted by Crippen LogP contribution is 2.33. The molecule has 8 nitrogen and oxygen atoms in total. The molecule has 4 amide bonds. The van der Waals surface area contributed by atoms with Gasteiger partial charge < -0.3 is 15.1 Å². The van der Waals surface area contributed by atoms with Crippen LogP contribution in [-0.2, 0) is 14.4 Å². The molecule has 0 radical (unpaired) electrons. The molecule has 0 saturated carbocycles. The monoisotopic (exact) mass is 388 g/mol. The Morgan fingerprint density at radius 1 is 1.25 bits per heavy atom. The average Bonchev–Trinajstić information content (AvgIpc) is 3.18. The summed E-state index contributed by atoms with van der Waals surface area (Å²) in [6.07, 6.45) is 0.836. The number of oxime groups is 1. The minimum absolute atomic E-state index is 0.160. The molecule has 28 heavy (non-hydrogen) atoms. The van der Waals surface area contributed by atoms with E-state index in [4.69, 9.17) is 4.84 Å². The number of carbonyl (C=O) groups is 3. The molecule has 1 atom stereocenters. The first-order valence-electron chi connectivity index (χ1n) is 9.15. The van der Waals surface area contributed by atoms with Gasteiger partial charge in [0.15, 0.2) is 0 Å². The number of carbonyl (C=O) groups excluding carboxylic acids is 3. The van der Waals surface area contributed by atoms with E-state index in [2.05, 4.69) is 10.5 Å². The van der Waals surface area contributed by atoms with Gasteiger partial charge in [0, 0.05) is 32.1 Å². The number of nitrogens with zero attached hydrogens (tertiary/aromatic N) is 3. The Bertz CT molecular complexity index is 894. The van der Waals surface area contributed by atoms with Gasteiger partial charge in [-0.1, -0.05) is 23.4 Å². The summed E-state index contributed by atoms with van der Waals surface area (Å²) < 4.78 is 14.0. The van der Waals surface area contributed by atoms with Crippen LogP contribution in [-0.4, -0.2) is 64.6 Å². The normalized spacial score (nSPS) is 26.3. The van der Waals surface area contributed by atoms with Crippen LogP contribution in [0.1, 0.15) is 31.7 Å². The summed E-state index contributed by atoms with van der Waals surface area (Å²) in [4.78, 5) is 45.3. The highest BCUT2D eigenvalue weighted by molar-refractivity contribution is 6.07. The highest BCUT2D eigenvalue weighted by Gasteiger charge is 2.53. The van der Waals surface area contributed by atoms with Crippen molar-refractivity contribution in [3.05, 3.63) is 35.6 Å². The van der Waals surface area contributed by atoms with Gasteiger partial charge in [0.05, 0.1) is 5.71 Å². The molecule has 0 unspecified atom stereocenters. The summed E-state index contributed by atoms with van der Waals surface area (Å²) in [7, 11) is 1.44. The summed E-state index contributed by atoms with van der Waals surface area (Å²) in [5.41, 5.74) is -1.45. The average molecular weight is 388 g/mol. The molecule has 1 aromatic rings. The van der Waals surface area contributed by atoms with Crippen LogP contribution in [0.3, 0.4) is 0 Å². The fourth-order valence-electron chi connectivity index (χ4n) is 4.01. The molecule has 1 spiro atoms. The van der Waals surface area contributed by atoms with Crippen LogP contribution in [0.5, 0.6) is 0 Å². The van der Waals surface area contributed by atoms with Crippen molar-refractivity contribution in [1.82, 2.24) is 15.1 Å². The van der Waals surface area contributed by atoms with Crippen molar-refractivity contribution in [2.45, 2.75) is 37.3 Å². The molecule has 3 aliphatic rings. The quantitative estimate of drug-likeness (QED) is 0.772. The fraction of sp³-hybridized carbons (Fsp3) is 0.474. The van der Waals surface area contributed by atoms with E-state index in [1.165, 1.54) is 13.1 Å². The van der Waals surface area contributed by atoms with E-state index < -0.39 is 23.0 Å². The molecule has 0 bridgehead atoms. The molecule has 148 valence electrons. The number of urea groups is 1. The van der Waals surface area contributed by atoms with Gasteiger partial charge in [-0.25, -0.2) is 9.18 Å². The Morgan fingerprint density at radius 2 is 1.93 bits per heavy atom. The van der Waals surface area contributed by atoms with Gasteiger partial charge in [-0.3, -0.25) is 14.5 Å². The minimum atomic E-state index is -1.22. The number of hydrogen-bond donors (Lipinski definition) is 1. The van der Waals surface area contributed by atoms with Crippen molar-refractivity contribution in [2.75, 3.05) is 20.1 Å². The van der Waals surface area contributed by atoms with E-state index in [1.54, 1.807) is 30.0 Å². The number of likely N-dealkylation sites (tertiary alicyclic amines) is 1. The summed E-state index contributed by atoms with van der Waals surface area (Å²) >= 11 is 0. The SMILES string of the molecule is CN1C(=O)NC2(CCN(C(=O)[C@]3(C)CC(c4ccccc4F)=NO3)CC2)C1=O. The van der Waals surface area contributed by atoms with E-state index in [9.17, 15) is 18.8 Å². The lowest BCUT2D eigenvalue weighted by atomic mass is 9.86. The lowest BCUT2D eigenvalue weighted by molar-refractivity contribution is -0.156. The maximum absolute atomic E-state index is 14.0. The topological polar surface area (TPSA) is 91.3 Å². The molecule has 9 heteroatoms. The molecule has 3 heterocycles. The molecule has 4 rings (SSSR count). The Labute approximate surface area is 161 Å². The van der Waals surface area contributed by atoms with E-state index >= 15 is 0 Å². The zero-order valence-electron chi connectivity index (χ0n) is 15.7. The van der Waals surface area contributed by atoms with E-state index in [0.717, 1.165) is 4.90 Å². The first kappa shape index (κ1) is 18.4. The molecule has 0 aliphatic carbocycles. The van der Waals surface area contributed by atoms with Crippen molar-refractivity contribution in [1.29, 1.82) is 0 Å². The number of amides is 4. The predicted octanol–water partition coefficient (Wildman–Crippen LogP) is 1.25. The molecule has 2 fully saturated rings. The number of halogens is 1. The number of likely N-dealkylation sites (N-methyl/N-ethyl adjacent to an activating group) is 1. The van der Waals surface area contributed by atoms with Crippen LogP contribution in [0.25, 0.3) is 0 Å². The van der Waals surface area contributed by atoms with Crippen LogP contribution in [0.15, 0.2) is 29.4 Å². The zero-order chi connectivity index (χ0) is 20.1. The lowest BCUT2D eigenvalue weighted by Crippen LogP contribution is -2.58. The van der Waals surface area contributed by atoms with Gasteiger partial charge >= 0.3 is 6.03 Å². The Morgan fingerprint density at radius 3 is 2.54 bits per heavy atom. The molecular weight excluding hydrogens is 367 g/mol. The largest absolute Gasteiger partial charge is 0.379 e. The van der Waals surface area contributed by atoms with Crippen LogP contribution in [0.4, 0.5) is 9.18 Å². The Balaban J connectivity index is 1.43. The summed E-state index contributed by atoms with van der Waals surface area (Å²) in [6.45, 7) is 2.26. The third-order valence-electron chi connectivity index (χ3n) is 5.77. The molecule has 1 aromatic carbocycles. The fourth-order valence-corrected chi connectivity index (χ4v) is 4.01. The van der Waals surface area contributed by atoms with Gasteiger partial charge in [0.25, 0.3) is 11.8 Å². The van der Waals surface area contributed by atoms with Crippen molar-refractivity contribution in [2.24, 2.45) is 5.16 Å². The minimum Gasteiger partial charge on any atom is -0.379 e. The Hall–Kier alpha value is -2.97. The molecule has 0 aromatic heterocycles. The number of piperidine rings is 1. The second-order valence-electron chi connectivity index (χ2n) is 7.69. The first-order chi connectivity index (χ1) is 13.3. The third kappa shape index (κ3) is 2.73. The van der Waals surface area contributed by atoms with Gasteiger partial charge in [-0.15, -0.1) is 0 Å². The van der Waals surface area contributed by atoms with E-state index in [0.29, 0.717) is 37.2 Å². The smallest absolute Gasteiger partial charge is 0.324 e. The predicted molar refractivity (Wildman–Crippen MR) is 96.9 cm³/mol. The van der Waals surface area contributed by atoms with Crippen molar-refractivity contribution >= 4 is 23.6 Å². The zero-order valence-corrected chi connectivity index (χ0v) is 15.7. The van der Waals surface area contributed by atoms with Crippen LogP contribution in [0, 0.1) is 5.82 Å². The lowest BCUT2D eigenvalue weighted by Gasteiger charge is -2.39. The number of nitrogens with one attached hydrogen (secondary N) is 1. The number of hydrogen-bond acceptors (Lipinski definition) is 5.